The molecule has 3 aromatic rings. The molecule has 5 rings (SSSR count). The number of amides is 1. The van der Waals surface area contributed by atoms with Gasteiger partial charge in [-0.25, -0.2) is 0 Å². The largest absolute Gasteiger partial charge is 0.493 e. The number of nitrogens with one attached hydrogen (secondary N) is 1. The van der Waals surface area contributed by atoms with Crippen molar-refractivity contribution in [3.8, 4) is 23.0 Å². The van der Waals surface area contributed by atoms with Crippen molar-refractivity contribution >= 4 is 16.8 Å². The summed E-state index contributed by atoms with van der Waals surface area (Å²) in [7, 11) is 1.51. The Balaban J connectivity index is 1.51. The maximum Gasteiger partial charge on any atom is 0.264 e. The Morgan fingerprint density at radius 2 is 2.03 bits per heavy atom. The van der Waals surface area contributed by atoms with Gasteiger partial charge in [0.1, 0.15) is 12.2 Å². The molecule has 0 radical (unpaired) electrons. The molecule has 1 atom stereocenters. The third kappa shape index (κ3) is 3.14. The van der Waals surface area contributed by atoms with Crippen LogP contribution in [-0.2, 0) is 6.54 Å². The predicted molar refractivity (Wildman–Crippen MR) is 110 cm³/mol. The van der Waals surface area contributed by atoms with Crippen molar-refractivity contribution < 1.29 is 28.8 Å². The Hall–Kier alpha value is -3.72. The van der Waals surface area contributed by atoms with Crippen LogP contribution in [0.15, 0.2) is 41.2 Å². The van der Waals surface area contributed by atoms with E-state index in [2.05, 4.69) is 5.32 Å². The minimum Gasteiger partial charge on any atom is -0.493 e. The predicted octanol–water partition coefficient (Wildman–Crippen LogP) is 1.59. The second-order valence-electron chi connectivity index (χ2n) is 7.29. The fourth-order valence-corrected chi connectivity index (χ4v) is 3.91. The van der Waals surface area contributed by atoms with E-state index in [1.165, 1.54) is 17.7 Å². The molecule has 0 aliphatic carbocycles. The van der Waals surface area contributed by atoms with Gasteiger partial charge in [0.15, 0.2) is 23.0 Å². The third-order valence-electron chi connectivity index (χ3n) is 5.47. The zero-order chi connectivity index (χ0) is 21.5. The van der Waals surface area contributed by atoms with Crippen LogP contribution in [0, 0.1) is 0 Å². The number of fused-ring (bicyclic) bond motifs is 1. The quantitative estimate of drug-likeness (QED) is 0.640. The molecule has 9 heteroatoms. The number of pyridine rings is 1. The number of methoxy groups -OCH3 is 1. The second-order valence-corrected chi connectivity index (χ2v) is 7.29. The zero-order valence-corrected chi connectivity index (χ0v) is 16.7. The van der Waals surface area contributed by atoms with Crippen molar-refractivity contribution in [3.63, 3.8) is 0 Å². The van der Waals surface area contributed by atoms with Crippen molar-refractivity contribution in [2.24, 2.45) is 0 Å². The topological polar surface area (TPSA) is 108 Å². The number of benzene rings is 2. The summed E-state index contributed by atoms with van der Waals surface area (Å²) in [6, 6.07) is 9.80. The Kier molecular flexibility index (Phi) is 4.67. The molecule has 1 aromatic heterocycles. The molecule has 0 spiro atoms. The van der Waals surface area contributed by atoms with Crippen LogP contribution in [0.1, 0.15) is 22.0 Å². The normalized spacial score (nSPS) is 16.1. The van der Waals surface area contributed by atoms with Gasteiger partial charge in [-0.2, -0.15) is 0 Å². The Morgan fingerprint density at radius 3 is 2.84 bits per heavy atom. The maximum atomic E-state index is 13.2. The average molecular weight is 424 g/mol. The van der Waals surface area contributed by atoms with Crippen molar-refractivity contribution in [1.29, 1.82) is 0 Å². The van der Waals surface area contributed by atoms with Gasteiger partial charge in [-0.15, -0.1) is 0 Å². The van der Waals surface area contributed by atoms with Crippen LogP contribution in [0.5, 0.6) is 23.0 Å². The number of aliphatic hydroxyl groups is 1. The average Bonchev–Trinajstić information content (AvgIpc) is 3.27. The van der Waals surface area contributed by atoms with Crippen LogP contribution in [0.3, 0.4) is 0 Å². The SMILES string of the molecule is COc1ccc2cc(C(=O)NCc3ccc4c(c3)OCO4)c(=O)n3c2c1OCC3CO. The minimum atomic E-state index is -0.601. The molecule has 1 amide bonds. The smallest absolute Gasteiger partial charge is 0.264 e. The molecule has 31 heavy (non-hydrogen) atoms. The summed E-state index contributed by atoms with van der Waals surface area (Å²) in [5.41, 5.74) is 0.813. The highest BCUT2D eigenvalue weighted by molar-refractivity contribution is 5.99. The summed E-state index contributed by atoms with van der Waals surface area (Å²) in [5.74, 6) is 1.68. The molecule has 2 aliphatic heterocycles. The van der Waals surface area contributed by atoms with Crippen LogP contribution in [0.25, 0.3) is 10.9 Å². The van der Waals surface area contributed by atoms with Gasteiger partial charge >= 0.3 is 0 Å². The Bertz CT molecular complexity index is 1250. The van der Waals surface area contributed by atoms with Crippen LogP contribution in [0.4, 0.5) is 0 Å². The summed E-state index contributed by atoms with van der Waals surface area (Å²) >= 11 is 0. The Morgan fingerprint density at radius 1 is 1.19 bits per heavy atom. The summed E-state index contributed by atoms with van der Waals surface area (Å²) in [6.45, 7) is 0.187. The van der Waals surface area contributed by atoms with Gasteiger partial charge in [-0.3, -0.25) is 14.2 Å². The molecule has 3 heterocycles. The van der Waals surface area contributed by atoms with E-state index in [0.717, 1.165) is 5.56 Å². The first-order chi connectivity index (χ1) is 15.1. The van der Waals surface area contributed by atoms with E-state index in [4.69, 9.17) is 18.9 Å². The van der Waals surface area contributed by atoms with Gasteiger partial charge in [0, 0.05) is 11.9 Å². The second kappa shape index (κ2) is 7.51. The number of aliphatic hydroxyl groups excluding tert-OH is 1. The van der Waals surface area contributed by atoms with E-state index < -0.39 is 17.5 Å². The lowest BCUT2D eigenvalue weighted by Crippen LogP contribution is -2.39. The lowest BCUT2D eigenvalue weighted by molar-refractivity contribution is 0.0946. The molecule has 0 saturated carbocycles. The minimum absolute atomic E-state index is 0.00953. The van der Waals surface area contributed by atoms with Crippen molar-refractivity contribution in [2.75, 3.05) is 27.1 Å². The lowest BCUT2D eigenvalue weighted by atomic mass is 10.1. The lowest BCUT2D eigenvalue weighted by Gasteiger charge is -2.28. The standard InChI is InChI=1S/C22H20N2O7/c1-28-17-5-3-13-7-15(22(27)24-14(9-25)10-29-20(17)19(13)24)21(26)23-8-12-2-4-16-18(6-12)31-11-30-16/h2-7,14,25H,8-11H2,1H3,(H,23,26). The molecule has 0 bridgehead atoms. The molecular weight excluding hydrogens is 404 g/mol. The van der Waals surface area contributed by atoms with Gasteiger partial charge in [0.05, 0.1) is 25.3 Å². The van der Waals surface area contributed by atoms with E-state index in [0.29, 0.717) is 33.9 Å². The zero-order valence-electron chi connectivity index (χ0n) is 16.7. The van der Waals surface area contributed by atoms with Crippen LogP contribution < -0.4 is 29.8 Å². The monoisotopic (exact) mass is 424 g/mol. The van der Waals surface area contributed by atoms with E-state index >= 15 is 0 Å². The molecule has 0 saturated heterocycles. The highest BCUT2D eigenvalue weighted by Gasteiger charge is 2.28. The maximum absolute atomic E-state index is 13.2. The van der Waals surface area contributed by atoms with Gasteiger partial charge in [0.2, 0.25) is 6.79 Å². The first-order valence-corrected chi connectivity index (χ1v) is 9.77. The molecule has 2 aromatic carbocycles. The molecule has 1 unspecified atom stereocenters. The molecule has 2 N–H and O–H groups in total. The molecule has 0 fully saturated rings. The number of ether oxygens (including phenoxy) is 4. The molecular formula is C22H20N2O7. The van der Waals surface area contributed by atoms with Crippen LogP contribution in [-0.4, -0.2) is 42.7 Å². The number of rotatable bonds is 5. The number of carbonyl (C=O) groups is 1. The van der Waals surface area contributed by atoms with E-state index in [1.54, 1.807) is 24.3 Å². The summed E-state index contributed by atoms with van der Waals surface area (Å²) in [6.07, 6.45) is 0. The number of carbonyl (C=O) groups excluding carboxylic acids is 1. The van der Waals surface area contributed by atoms with Gasteiger partial charge < -0.3 is 29.4 Å². The number of aromatic nitrogens is 1. The van der Waals surface area contributed by atoms with Crippen molar-refractivity contribution in [1.82, 2.24) is 9.88 Å². The van der Waals surface area contributed by atoms with Gasteiger partial charge in [-0.1, -0.05) is 6.07 Å². The van der Waals surface area contributed by atoms with Crippen molar-refractivity contribution in [2.45, 2.75) is 12.6 Å². The highest BCUT2D eigenvalue weighted by atomic mass is 16.7. The number of nitrogens with zero attached hydrogens (tertiary/aromatic N) is 1. The summed E-state index contributed by atoms with van der Waals surface area (Å²) < 4.78 is 23.2. The van der Waals surface area contributed by atoms with E-state index in [1.807, 2.05) is 6.07 Å². The molecule has 160 valence electrons. The third-order valence-corrected chi connectivity index (χ3v) is 5.47. The van der Waals surface area contributed by atoms with E-state index in [-0.39, 0.29) is 32.1 Å². The number of hydrogen-bond donors (Lipinski definition) is 2. The summed E-state index contributed by atoms with van der Waals surface area (Å²) in [5, 5.41) is 13.2. The highest BCUT2D eigenvalue weighted by Crippen LogP contribution is 2.39. The van der Waals surface area contributed by atoms with E-state index in [9.17, 15) is 14.7 Å². The molecule has 2 aliphatic rings. The van der Waals surface area contributed by atoms with Crippen molar-refractivity contribution in [3.05, 3.63) is 57.9 Å². The molecule has 9 nitrogen and oxygen atoms in total. The first kappa shape index (κ1) is 19.3. The van der Waals surface area contributed by atoms with Gasteiger partial charge in [0.25, 0.3) is 11.5 Å². The van der Waals surface area contributed by atoms with Crippen LogP contribution in [0.2, 0.25) is 0 Å². The van der Waals surface area contributed by atoms with Gasteiger partial charge in [-0.05, 0) is 35.9 Å². The summed E-state index contributed by atoms with van der Waals surface area (Å²) in [4.78, 5) is 26.1. The van der Waals surface area contributed by atoms with Crippen LogP contribution >= 0.6 is 0 Å². The fraction of sp³-hybridized carbons (Fsp3) is 0.273. The Labute approximate surface area is 176 Å². The first-order valence-electron chi connectivity index (χ1n) is 9.77. The fourth-order valence-electron chi connectivity index (χ4n) is 3.91. The number of hydrogen-bond acceptors (Lipinski definition) is 7.